The van der Waals surface area contributed by atoms with Crippen LogP contribution in [0.5, 0.6) is 5.75 Å². The van der Waals surface area contributed by atoms with E-state index in [2.05, 4.69) is 57.2 Å². The number of hydrogen-bond donors (Lipinski definition) is 1. The van der Waals surface area contributed by atoms with Gasteiger partial charge in [-0.15, -0.1) is 0 Å². The number of aryl methyl sites for hydroxylation is 1. The number of benzene rings is 2. The number of aromatic hydroxyl groups is 1. The van der Waals surface area contributed by atoms with Gasteiger partial charge in [0.05, 0.1) is 6.04 Å². The van der Waals surface area contributed by atoms with Gasteiger partial charge in [0, 0.05) is 22.8 Å². The second-order valence-corrected chi connectivity index (χ2v) is 14.2. The van der Waals surface area contributed by atoms with Gasteiger partial charge in [-0.25, -0.2) is 0 Å². The van der Waals surface area contributed by atoms with Crippen LogP contribution in [0.2, 0.25) is 0 Å². The quantitative estimate of drug-likeness (QED) is 0.391. The van der Waals surface area contributed by atoms with E-state index in [1.165, 1.54) is 43.2 Å². The van der Waals surface area contributed by atoms with Gasteiger partial charge in [0.25, 0.3) is 0 Å². The molecule has 170 valence electrons. The number of phenolic OH excluding ortho intramolecular Hbond substituents is 1. The molecule has 6 rings (SSSR count). The third-order valence-corrected chi connectivity index (χ3v) is 8.02. The summed E-state index contributed by atoms with van der Waals surface area (Å²) >= 11 is -0.826. The zero-order valence-electron chi connectivity index (χ0n) is 19.2. The summed E-state index contributed by atoms with van der Waals surface area (Å²) in [6.45, 7) is 6.50. The van der Waals surface area contributed by atoms with Crippen LogP contribution in [0.4, 0.5) is 0 Å². The van der Waals surface area contributed by atoms with E-state index in [1.807, 2.05) is 12.3 Å². The molecule has 4 fully saturated rings. The van der Waals surface area contributed by atoms with Crippen LogP contribution in [0.1, 0.15) is 68.2 Å². The Morgan fingerprint density at radius 3 is 2.09 bits per heavy atom. The van der Waals surface area contributed by atoms with Crippen molar-refractivity contribution in [1.82, 2.24) is 0 Å². The van der Waals surface area contributed by atoms with E-state index in [-0.39, 0.29) is 5.41 Å². The molecule has 4 aliphatic rings. The first-order chi connectivity index (χ1) is 15.3. The van der Waals surface area contributed by atoms with E-state index >= 15 is 0 Å². The number of hydrogen-bond acceptors (Lipinski definition) is 2. The molecule has 0 aliphatic heterocycles. The maximum atomic E-state index is 11.2. The van der Waals surface area contributed by atoms with Crippen LogP contribution in [-0.2, 0) is 26.3 Å². The Morgan fingerprint density at radius 1 is 0.969 bits per heavy atom. The van der Waals surface area contributed by atoms with Gasteiger partial charge in [-0.3, -0.25) is 4.99 Å². The minimum atomic E-state index is -0.826. The number of rotatable bonds is 4. The molecule has 0 radical (unpaired) electrons. The Labute approximate surface area is 211 Å². The number of halogens is 2. The zero-order chi connectivity index (χ0) is 22.9. The number of nitrogens with zero attached hydrogens (tertiary/aromatic N) is 1. The molecule has 0 atom stereocenters. The van der Waals surface area contributed by atoms with Crippen LogP contribution in [0.15, 0.2) is 47.5 Å². The monoisotopic (exact) mass is 547 g/mol. The van der Waals surface area contributed by atoms with E-state index in [4.69, 9.17) is 22.0 Å². The van der Waals surface area contributed by atoms with Crippen molar-refractivity contribution in [3.8, 4) is 5.75 Å². The summed E-state index contributed by atoms with van der Waals surface area (Å²) in [5, 5.41) is 11.2. The number of aliphatic imine (C=N–C) groups is 1. The molecular formula is C27H33Cl2NOZr. The van der Waals surface area contributed by atoms with E-state index < -0.39 is 20.8 Å². The maximum absolute atomic E-state index is 11.2. The molecular weight excluding hydrogens is 516 g/mol. The molecule has 4 aliphatic carbocycles. The summed E-state index contributed by atoms with van der Waals surface area (Å²) in [7, 11) is 9.87. The fraction of sp³-hybridized carbons (Fsp3) is 0.519. The second kappa shape index (κ2) is 10.3. The van der Waals surface area contributed by atoms with Crippen LogP contribution in [0, 0.1) is 30.6 Å². The average molecular weight is 550 g/mol. The van der Waals surface area contributed by atoms with E-state index in [0.717, 1.165) is 34.8 Å². The van der Waals surface area contributed by atoms with Crippen molar-refractivity contribution in [2.75, 3.05) is 0 Å². The van der Waals surface area contributed by atoms with Gasteiger partial charge < -0.3 is 5.11 Å². The Balaban J connectivity index is 0.000000775. The fourth-order valence-corrected chi connectivity index (χ4v) is 6.70. The molecule has 1 N–H and O–H groups in total. The van der Waals surface area contributed by atoms with Crippen molar-refractivity contribution in [3.05, 3.63) is 64.7 Å². The van der Waals surface area contributed by atoms with Gasteiger partial charge in [0.1, 0.15) is 5.75 Å². The molecule has 2 aromatic carbocycles. The summed E-state index contributed by atoms with van der Waals surface area (Å²) in [6.07, 6.45) is 8.96. The molecule has 2 aromatic rings. The standard InChI is InChI=1S/C27H33NO.2ClH.Zr/c1-17-9-22(16-28-25-20-12-18-11-19(14-20)15-21(25)13-18)26(29)24(10-17)27(2,3)23-7-5-4-6-8-23;;;/h4-10,16,18-21,25,29H,11-15H2,1-3H3;2*1H;/q;;;+2/p-2. The van der Waals surface area contributed by atoms with E-state index in [1.54, 1.807) is 0 Å². The van der Waals surface area contributed by atoms with Crippen LogP contribution < -0.4 is 0 Å². The fourth-order valence-electron chi connectivity index (χ4n) is 6.70. The molecule has 4 bridgehead atoms. The van der Waals surface area contributed by atoms with Crippen molar-refractivity contribution in [1.29, 1.82) is 0 Å². The van der Waals surface area contributed by atoms with Crippen molar-refractivity contribution in [2.45, 2.75) is 64.3 Å². The summed E-state index contributed by atoms with van der Waals surface area (Å²) in [5.41, 5.74) is 3.98. The molecule has 4 saturated carbocycles. The van der Waals surface area contributed by atoms with Crippen molar-refractivity contribution < 1.29 is 26.0 Å². The Morgan fingerprint density at radius 2 is 1.53 bits per heavy atom. The molecule has 0 saturated heterocycles. The third-order valence-electron chi connectivity index (χ3n) is 8.02. The average Bonchev–Trinajstić information content (AvgIpc) is 2.76. The Hall–Kier alpha value is -0.627. The molecule has 2 nitrogen and oxygen atoms in total. The minimum absolute atomic E-state index is 0.261. The molecule has 0 unspecified atom stereocenters. The Kier molecular flexibility index (Phi) is 7.91. The predicted octanol–water partition coefficient (Wildman–Crippen LogP) is 7.65. The summed E-state index contributed by atoms with van der Waals surface area (Å²) in [6, 6.07) is 15.1. The van der Waals surface area contributed by atoms with Crippen molar-refractivity contribution >= 4 is 23.2 Å². The molecule has 0 amide bonds. The van der Waals surface area contributed by atoms with Crippen LogP contribution in [0.3, 0.4) is 0 Å². The summed E-state index contributed by atoms with van der Waals surface area (Å²) < 4.78 is 0. The van der Waals surface area contributed by atoms with Crippen LogP contribution in [-0.4, -0.2) is 17.4 Å². The van der Waals surface area contributed by atoms with Gasteiger partial charge in [-0.05, 0) is 79.9 Å². The van der Waals surface area contributed by atoms with Gasteiger partial charge in [0.15, 0.2) is 0 Å². The first-order valence-corrected chi connectivity index (χ1v) is 18.1. The van der Waals surface area contributed by atoms with Gasteiger partial charge in [0.2, 0.25) is 0 Å². The molecule has 5 heteroatoms. The first-order valence-electron chi connectivity index (χ1n) is 11.7. The summed E-state index contributed by atoms with van der Waals surface area (Å²) in [5.74, 6) is 3.87. The third kappa shape index (κ3) is 5.06. The molecule has 0 heterocycles. The van der Waals surface area contributed by atoms with Crippen LogP contribution in [0.25, 0.3) is 0 Å². The van der Waals surface area contributed by atoms with E-state index in [9.17, 15) is 5.11 Å². The molecule has 32 heavy (non-hydrogen) atoms. The summed E-state index contributed by atoms with van der Waals surface area (Å²) in [4.78, 5) is 5.11. The van der Waals surface area contributed by atoms with Crippen molar-refractivity contribution in [3.63, 3.8) is 0 Å². The second-order valence-electron chi connectivity index (χ2n) is 10.5. The Bertz CT molecular complexity index is 932. The van der Waals surface area contributed by atoms with Crippen LogP contribution >= 0.6 is 17.0 Å². The molecule has 0 aromatic heterocycles. The first kappa shape index (κ1) is 24.5. The van der Waals surface area contributed by atoms with Gasteiger partial charge >= 0.3 is 37.9 Å². The van der Waals surface area contributed by atoms with Gasteiger partial charge in [-0.1, -0.05) is 50.2 Å². The zero-order valence-corrected chi connectivity index (χ0v) is 23.2. The predicted molar refractivity (Wildman–Crippen MR) is 132 cm³/mol. The van der Waals surface area contributed by atoms with Crippen molar-refractivity contribution in [2.24, 2.45) is 28.7 Å². The normalized spacial score (nSPS) is 28.5. The van der Waals surface area contributed by atoms with Gasteiger partial charge in [-0.2, -0.15) is 0 Å². The number of phenols is 1. The SMILES string of the molecule is Cc1cc(C=NC2C3CC4CC(C3)CC2C4)c(O)c(C(C)(C)c2ccccc2)c1.[Cl][Zr][Cl]. The topological polar surface area (TPSA) is 32.6 Å². The molecule has 0 spiro atoms. The van der Waals surface area contributed by atoms with E-state index in [0.29, 0.717) is 11.8 Å².